The topological polar surface area (TPSA) is 126 Å². The molecule has 2 amide bonds. The van der Waals surface area contributed by atoms with E-state index in [-0.39, 0.29) is 35.0 Å². The van der Waals surface area contributed by atoms with Crippen molar-refractivity contribution in [1.29, 1.82) is 0 Å². The Morgan fingerprint density at radius 3 is 1.98 bits per heavy atom. The number of aromatic nitrogens is 2. The van der Waals surface area contributed by atoms with Gasteiger partial charge in [-0.05, 0) is 42.7 Å². The number of carbonyl (C=O) groups excluding carboxylic acids is 2. The standard InChI is InChI=1S/C39H37Cl2FN6O4/c1-52-33-16-31(32(42)14-23(33)17-43-20-25-8-10-35(49)46-25)30-7-3-6-29(38(30)41)28-5-2-4-27(37(28)40)22-12-13-48-34(15-22)45-19-24(39(48)51)18-44-21-26-9-11-36(50)47-26/h2-7,12-16,19,25-26,43-44H,8-11,17-18,20-21H2,1H3,(H,46,49)(H,47,50)/t25-,26-/m0/s1. The summed E-state index contributed by atoms with van der Waals surface area (Å²) in [7, 11) is 1.54. The van der Waals surface area contributed by atoms with E-state index in [0.29, 0.717) is 93.8 Å². The molecule has 52 heavy (non-hydrogen) atoms. The van der Waals surface area contributed by atoms with Crippen LogP contribution in [-0.4, -0.2) is 53.5 Å². The summed E-state index contributed by atoms with van der Waals surface area (Å²) in [6, 6.07) is 17.8. The second-order valence-electron chi connectivity index (χ2n) is 13.1. The molecule has 0 saturated carbocycles. The molecule has 0 unspecified atom stereocenters. The van der Waals surface area contributed by atoms with Crippen LogP contribution >= 0.6 is 23.2 Å². The Morgan fingerprint density at radius 1 is 0.808 bits per heavy atom. The monoisotopic (exact) mass is 742 g/mol. The van der Waals surface area contributed by atoms with E-state index in [2.05, 4.69) is 26.3 Å². The zero-order chi connectivity index (χ0) is 36.4. The predicted molar refractivity (Wildman–Crippen MR) is 200 cm³/mol. The zero-order valence-electron chi connectivity index (χ0n) is 28.4. The minimum Gasteiger partial charge on any atom is -0.496 e. The Morgan fingerprint density at radius 2 is 1.38 bits per heavy atom. The number of methoxy groups -OCH3 is 1. The van der Waals surface area contributed by atoms with E-state index < -0.39 is 5.82 Å². The normalized spacial score (nSPS) is 17.1. The molecule has 0 aliphatic carbocycles. The van der Waals surface area contributed by atoms with Gasteiger partial charge in [-0.1, -0.05) is 59.6 Å². The van der Waals surface area contributed by atoms with Crippen LogP contribution < -0.4 is 31.6 Å². The van der Waals surface area contributed by atoms with Crippen molar-refractivity contribution in [1.82, 2.24) is 30.7 Å². The third-order valence-electron chi connectivity index (χ3n) is 9.62. The number of carbonyl (C=O) groups is 2. The number of hydrogen-bond acceptors (Lipinski definition) is 7. The molecular weight excluding hydrogens is 706 g/mol. The van der Waals surface area contributed by atoms with E-state index in [1.54, 1.807) is 36.7 Å². The van der Waals surface area contributed by atoms with Crippen LogP contribution in [0.4, 0.5) is 4.39 Å². The van der Waals surface area contributed by atoms with E-state index in [1.165, 1.54) is 17.6 Å². The van der Waals surface area contributed by atoms with E-state index >= 15 is 4.39 Å². The zero-order valence-corrected chi connectivity index (χ0v) is 29.9. The Bertz CT molecular complexity index is 2250. The van der Waals surface area contributed by atoms with Crippen molar-refractivity contribution in [2.75, 3.05) is 20.2 Å². The van der Waals surface area contributed by atoms with Gasteiger partial charge in [-0.25, -0.2) is 9.37 Å². The van der Waals surface area contributed by atoms with Crippen LogP contribution in [0.1, 0.15) is 36.8 Å². The van der Waals surface area contributed by atoms with Gasteiger partial charge >= 0.3 is 0 Å². The molecule has 4 N–H and O–H groups in total. The van der Waals surface area contributed by atoms with E-state index in [4.69, 9.17) is 27.9 Å². The first-order valence-electron chi connectivity index (χ1n) is 17.1. The highest BCUT2D eigenvalue weighted by Crippen LogP contribution is 2.43. The molecule has 2 fully saturated rings. The van der Waals surface area contributed by atoms with Crippen molar-refractivity contribution in [2.24, 2.45) is 0 Å². The van der Waals surface area contributed by atoms with Crippen LogP contribution in [-0.2, 0) is 22.7 Å². The van der Waals surface area contributed by atoms with Crippen molar-refractivity contribution in [3.05, 3.63) is 110 Å². The number of fused-ring (bicyclic) bond motifs is 1. The molecule has 13 heteroatoms. The molecular formula is C39H37Cl2FN6O4. The predicted octanol–water partition coefficient (Wildman–Crippen LogP) is 5.89. The molecule has 2 aliphatic rings. The molecule has 10 nitrogen and oxygen atoms in total. The average molecular weight is 744 g/mol. The fourth-order valence-electron chi connectivity index (χ4n) is 6.87. The van der Waals surface area contributed by atoms with Gasteiger partial charge in [0.15, 0.2) is 0 Å². The van der Waals surface area contributed by atoms with Gasteiger partial charge in [0.25, 0.3) is 5.56 Å². The molecule has 2 atom stereocenters. The summed E-state index contributed by atoms with van der Waals surface area (Å²) in [4.78, 5) is 40.8. The van der Waals surface area contributed by atoms with Gasteiger partial charge in [-0.15, -0.1) is 0 Å². The maximum Gasteiger partial charge on any atom is 0.262 e. The molecule has 0 radical (unpaired) electrons. The molecule has 0 spiro atoms. The van der Waals surface area contributed by atoms with Gasteiger partial charge in [-0.2, -0.15) is 0 Å². The van der Waals surface area contributed by atoms with Gasteiger partial charge in [0.05, 0.1) is 17.2 Å². The van der Waals surface area contributed by atoms with Gasteiger partial charge in [0.2, 0.25) is 11.8 Å². The highest BCUT2D eigenvalue weighted by Gasteiger charge is 2.23. The number of pyridine rings is 1. The van der Waals surface area contributed by atoms with Crippen molar-refractivity contribution in [3.8, 4) is 39.1 Å². The largest absolute Gasteiger partial charge is 0.496 e. The van der Waals surface area contributed by atoms with Crippen LogP contribution in [0.3, 0.4) is 0 Å². The lowest BCUT2D eigenvalue weighted by molar-refractivity contribution is -0.120. The first-order chi connectivity index (χ1) is 25.2. The SMILES string of the molecule is COc1cc(-c2cccc(-c3cccc(-c4ccn5c(=O)c(CNC[C@@H]6CCC(=O)N6)cnc5c4)c3Cl)c2Cl)c(F)cc1CNC[C@@H]1CCC(=O)N1. The summed E-state index contributed by atoms with van der Waals surface area (Å²) < 4.78 is 22.9. The second kappa shape index (κ2) is 15.4. The van der Waals surface area contributed by atoms with E-state index in [9.17, 15) is 14.4 Å². The fourth-order valence-corrected chi connectivity index (χ4v) is 7.53. The van der Waals surface area contributed by atoms with Gasteiger partial charge in [0, 0.05) is 102 Å². The highest BCUT2D eigenvalue weighted by atomic mass is 35.5. The number of benzene rings is 3. The smallest absolute Gasteiger partial charge is 0.262 e. The third-order valence-corrected chi connectivity index (χ3v) is 10.4. The number of nitrogens with one attached hydrogen (secondary N) is 4. The summed E-state index contributed by atoms with van der Waals surface area (Å²) in [6.45, 7) is 1.84. The van der Waals surface area contributed by atoms with Crippen LogP contribution in [0.25, 0.3) is 39.0 Å². The lowest BCUT2D eigenvalue weighted by Gasteiger charge is -2.17. The second-order valence-corrected chi connectivity index (χ2v) is 13.8. The maximum atomic E-state index is 15.8. The summed E-state index contributed by atoms with van der Waals surface area (Å²) in [6.07, 6.45) is 5.83. The number of hydrogen-bond donors (Lipinski definition) is 4. The lowest BCUT2D eigenvalue weighted by atomic mass is 9.95. The Labute approximate surface area is 309 Å². The Hall–Kier alpha value is -4.81. The Kier molecular flexibility index (Phi) is 10.6. The first-order valence-corrected chi connectivity index (χ1v) is 17.9. The van der Waals surface area contributed by atoms with Crippen molar-refractivity contribution in [2.45, 2.75) is 50.9 Å². The van der Waals surface area contributed by atoms with Gasteiger partial charge in [0.1, 0.15) is 17.2 Å². The summed E-state index contributed by atoms with van der Waals surface area (Å²) in [5.41, 5.74) is 4.95. The number of amides is 2. The molecule has 2 saturated heterocycles. The molecule has 4 heterocycles. The highest BCUT2D eigenvalue weighted by molar-refractivity contribution is 6.39. The molecule has 2 aromatic heterocycles. The van der Waals surface area contributed by atoms with Crippen molar-refractivity contribution in [3.63, 3.8) is 0 Å². The molecule has 0 bridgehead atoms. The number of halogens is 3. The summed E-state index contributed by atoms with van der Waals surface area (Å²) >= 11 is 14.1. The first kappa shape index (κ1) is 35.6. The number of ether oxygens (including phenoxy) is 1. The van der Waals surface area contributed by atoms with Crippen LogP contribution in [0, 0.1) is 5.82 Å². The molecule has 268 valence electrons. The lowest BCUT2D eigenvalue weighted by Crippen LogP contribution is -2.36. The average Bonchev–Trinajstić information content (AvgIpc) is 3.76. The van der Waals surface area contributed by atoms with E-state index in [1.807, 2.05) is 30.3 Å². The van der Waals surface area contributed by atoms with Gasteiger partial charge < -0.3 is 26.0 Å². The van der Waals surface area contributed by atoms with Crippen LogP contribution in [0.2, 0.25) is 10.0 Å². The maximum absolute atomic E-state index is 15.8. The van der Waals surface area contributed by atoms with Crippen molar-refractivity contribution >= 4 is 40.7 Å². The molecule has 2 aliphatic heterocycles. The fraction of sp³-hybridized carbons (Fsp3) is 0.282. The van der Waals surface area contributed by atoms with E-state index in [0.717, 1.165) is 18.4 Å². The molecule has 3 aromatic carbocycles. The summed E-state index contributed by atoms with van der Waals surface area (Å²) in [5.74, 6) is 0.149. The van der Waals surface area contributed by atoms with Crippen LogP contribution in [0.5, 0.6) is 5.75 Å². The number of nitrogens with zero attached hydrogens (tertiary/aromatic N) is 2. The van der Waals surface area contributed by atoms with Crippen LogP contribution in [0.15, 0.2) is 77.9 Å². The third kappa shape index (κ3) is 7.40. The molecule has 5 aromatic rings. The molecule has 7 rings (SSSR count). The Balaban J connectivity index is 1.12. The minimum atomic E-state index is -0.453. The quantitative estimate of drug-likeness (QED) is 0.126. The number of rotatable bonds is 12. The summed E-state index contributed by atoms with van der Waals surface area (Å²) in [5, 5.41) is 13.1. The minimum absolute atomic E-state index is 0.0450. The van der Waals surface area contributed by atoms with Crippen molar-refractivity contribution < 1.29 is 18.7 Å². The van der Waals surface area contributed by atoms with Gasteiger partial charge in [-0.3, -0.25) is 18.8 Å².